The number of urea groups is 1. The van der Waals surface area contributed by atoms with Gasteiger partial charge >= 0.3 is 12.0 Å². The molecule has 5 amide bonds. The second-order valence-corrected chi connectivity index (χ2v) is 8.91. The van der Waals surface area contributed by atoms with Crippen LogP contribution in [-0.2, 0) is 35.3 Å². The fourth-order valence-electron chi connectivity index (χ4n) is 3.41. The van der Waals surface area contributed by atoms with Crippen LogP contribution in [0.25, 0.3) is 0 Å². The number of hydrogen-bond donors (Lipinski definition) is 5. The second kappa shape index (κ2) is 18.3. The maximum atomic E-state index is 12.9. The number of unbranched alkanes of at least 4 members (excludes halogenated alkanes) is 3. The average Bonchev–Trinajstić information content (AvgIpc) is 2.85. The van der Waals surface area contributed by atoms with Gasteiger partial charge < -0.3 is 36.5 Å². The number of carbonyl (C=O) groups excluding carboxylic acids is 6. The van der Waals surface area contributed by atoms with E-state index in [9.17, 15) is 28.8 Å². The van der Waals surface area contributed by atoms with Crippen molar-refractivity contribution in [3.63, 3.8) is 0 Å². The highest BCUT2D eigenvalue weighted by Crippen LogP contribution is 2.12. The maximum absolute atomic E-state index is 12.9. The molecule has 0 bridgehead atoms. The number of hydrogen-bond acceptors (Lipinski definition) is 7. The molecule has 1 rings (SSSR count). The SMILES string of the molecule is CC(=O)CCCCCCC(=O)NCC(=O)N[C@@H](CCCNC(N)=O)C(=O)Nc1ccc(COC(C)=O)cc1. The molecule has 0 unspecified atom stereocenters. The summed E-state index contributed by atoms with van der Waals surface area (Å²) in [6.45, 7) is 2.92. The summed E-state index contributed by atoms with van der Waals surface area (Å²) in [7, 11) is 0. The van der Waals surface area contributed by atoms with E-state index in [1.165, 1.54) is 6.92 Å². The molecule has 0 saturated carbocycles. The topological polar surface area (TPSA) is 186 Å². The first-order valence-electron chi connectivity index (χ1n) is 12.7. The molecule has 0 radical (unpaired) electrons. The predicted octanol–water partition coefficient (Wildman–Crippen LogP) is 1.67. The van der Waals surface area contributed by atoms with E-state index in [1.54, 1.807) is 31.2 Å². The molecule has 0 heterocycles. The molecule has 0 saturated heterocycles. The van der Waals surface area contributed by atoms with Crippen LogP contribution in [0, 0.1) is 0 Å². The highest BCUT2D eigenvalue weighted by atomic mass is 16.5. The van der Waals surface area contributed by atoms with Gasteiger partial charge in [0.1, 0.15) is 18.4 Å². The Balaban J connectivity index is 2.56. The van der Waals surface area contributed by atoms with Crippen LogP contribution in [-0.4, -0.2) is 54.6 Å². The number of carbonyl (C=O) groups is 6. The third kappa shape index (κ3) is 15.9. The van der Waals surface area contributed by atoms with E-state index in [0.29, 0.717) is 24.9 Å². The Labute approximate surface area is 222 Å². The number of Topliss-reactive ketones (excluding diaryl/α,β-unsaturated/α-hetero) is 1. The van der Waals surface area contributed by atoms with Crippen LogP contribution in [0.2, 0.25) is 0 Å². The quantitative estimate of drug-likeness (QED) is 0.140. The van der Waals surface area contributed by atoms with Gasteiger partial charge in [0.25, 0.3) is 0 Å². The van der Waals surface area contributed by atoms with Crippen molar-refractivity contribution in [2.75, 3.05) is 18.4 Å². The van der Waals surface area contributed by atoms with E-state index in [0.717, 1.165) is 24.8 Å². The molecule has 210 valence electrons. The van der Waals surface area contributed by atoms with Crippen molar-refractivity contribution < 1.29 is 33.5 Å². The molecule has 1 atom stereocenters. The largest absolute Gasteiger partial charge is 0.461 e. The van der Waals surface area contributed by atoms with Crippen molar-refractivity contribution in [3.05, 3.63) is 29.8 Å². The standard InChI is InChI=1S/C26H39N5O7/c1-18(32)8-5-3-4-6-10-23(34)29-16-24(35)31-22(9-7-15-28-26(27)37)25(36)30-21-13-11-20(12-14-21)17-38-19(2)33/h11-14,22H,3-10,15-17H2,1-2H3,(H,29,34)(H,30,36)(H,31,35)(H3,27,28,37)/t22-/m0/s1. The Morgan fingerprint density at radius 3 is 2.11 bits per heavy atom. The molecule has 1 aromatic rings. The summed E-state index contributed by atoms with van der Waals surface area (Å²) in [5.41, 5.74) is 6.28. The van der Waals surface area contributed by atoms with Gasteiger partial charge in [0, 0.05) is 32.0 Å². The van der Waals surface area contributed by atoms with Gasteiger partial charge in [0.15, 0.2) is 0 Å². The zero-order chi connectivity index (χ0) is 28.3. The minimum Gasteiger partial charge on any atom is -0.461 e. The minimum atomic E-state index is -0.920. The van der Waals surface area contributed by atoms with Gasteiger partial charge in [-0.3, -0.25) is 19.2 Å². The molecular formula is C26H39N5O7. The average molecular weight is 534 g/mol. The number of rotatable bonds is 18. The highest BCUT2D eigenvalue weighted by molar-refractivity contribution is 5.97. The van der Waals surface area contributed by atoms with Gasteiger partial charge in [-0.25, -0.2) is 4.79 Å². The Morgan fingerprint density at radius 2 is 1.50 bits per heavy atom. The van der Waals surface area contributed by atoms with E-state index >= 15 is 0 Å². The van der Waals surface area contributed by atoms with Gasteiger partial charge in [-0.05, 0) is 50.3 Å². The molecular weight excluding hydrogens is 494 g/mol. The van der Waals surface area contributed by atoms with Crippen molar-refractivity contribution in [1.82, 2.24) is 16.0 Å². The summed E-state index contributed by atoms with van der Waals surface area (Å²) in [6, 6.07) is 5.07. The van der Waals surface area contributed by atoms with E-state index in [-0.39, 0.29) is 44.2 Å². The van der Waals surface area contributed by atoms with Crippen LogP contribution >= 0.6 is 0 Å². The van der Waals surface area contributed by atoms with Crippen molar-refractivity contribution in [1.29, 1.82) is 0 Å². The van der Waals surface area contributed by atoms with E-state index in [1.807, 2.05) is 0 Å². The second-order valence-electron chi connectivity index (χ2n) is 8.91. The molecule has 0 aliphatic heterocycles. The van der Waals surface area contributed by atoms with Gasteiger partial charge in [0.05, 0.1) is 6.54 Å². The molecule has 38 heavy (non-hydrogen) atoms. The number of ketones is 1. The maximum Gasteiger partial charge on any atom is 0.312 e. The summed E-state index contributed by atoms with van der Waals surface area (Å²) < 4.78 is 4.93. The van der Waals surface area contributed by atoms with Crippen LogP contribution < -0.4 is 27.0 Å². The number of amides is 5. The number of esters is 1. The first-order chi connectivity index (χ1) is 18.1. The first-order valence-corrected chi connectivity index (χ1v) is 12.7. The molecule has 12 nitrogen and oxygen atoms in total. The Bertz CT molecular complexity index is 950. The lowest BCUT2D eigenvalue weighted by atomic mass is 10.1. The summed E-state index contributed by atoms with van der Waals surface area (Å²) in [5, 5.41) is 10.3. The van der Waals surface area contributed by atoms with Crippen LogP contribution in [0.5, 0.6) is 0 Å². The van der Waals surface area contributed by atoms with E-state index in [4.69, 9.17) is 10.5 Å². The Hall–Kier alpha value is -3.96. The Morgan fingerprint density at radius 1 is 0.842 bits per heavy atom. The van der Waals surface area contributed by atoms with Crippen molar-refractivity contribution >= 4 is 41.2 Å². The number of benzene rings is 1. The van der Waals surface area contributed by atoms with Crippen molar-refractivity contribution in [3.8, 4) is 0 Å². The summed E-state index contributed by atoms with van der Waals surface area (Å²) in [6.07, 6.45) is 4.54. The summed E-state index contributed by atoms with van der Waals surface area (Å²) in [5.74, 6) is -1.52. The normalized spacial score (nSPS) is 11.1. The zero-order valence-corrected chi connectivity index (χ0v) is 22.1. The van der Waals surface area contributed by atoms with Gasteiger partial charge in [-0.1, -0.05) is 25.0 Å². The highest BCUT2D eigenvalue weighted by Gasteiger charge is 2.21. The van der Waals surface area contributed by atoms with E-state index < -0.39 is 29.9 Å². The number of nitrogens with one attached hydrogen (secondary N) is 4. The summed E-state index contributed by atoms with van der Waals surface area (Å²) in [4.78, 5) is 70.1. The van der Waals surface area contributed by atoms with E-state index in [2.05, 4.69) is 21.3 Å². The van der Waals surface area contributed by atoms with Crippen LogP contribution in [0.15, 0.2) is 24.3 Å². The minimum absolute atomic E-state index is 0.112. The lowest BCUT2D eigenvalue weighted by molar-refractivity contribution is -0.142. The van der Waals surface area contributed by atoms with Gasteiger partial charge in [0.2, 0.25) is 17.7 Å². The van der Waals surface area contributed by atoms with Crippen molar-refractivity contribution in [2.24, 2.45) is 5.73 Å². The van der Waals surface area contributed by atoms with Crippen LogP contribution in [0.1, 0.15) is 70.8 Å². The molecule has 1 aromatic carbocycles. The number of anilines is 1. The van der Waals surface area contributed by atoms with Gasteiger partial charge in [-0.15, -0.1) is 0 Å². The molecule has 0 aromatic heterocycles. The number of nitrogens with two attached hydrogens (primary N) is 1. The zero-order valence-electron chi connectivity index (χ0n) is 22.1. The lowest BCUT2D eigenvalue weighted by Crippen LogP contribution is -2.47. The van der Waals surface area contributed by atoms with Crippen LogP contribution in [0.3, 0.4) is 0 Å². The molecule has 0 aliphatic rings. The number of ether oxygens (including phenoxy) is 1. The number of primary amides is 1. The fraction of sp³-hybridized carbons (Fsp3) is 0.538. The monoisotopic (exact) mass is 533 g/mol. The Kier molecular flexibility index (Phi) is 15.5. The summed E-state index contributed by atoms with van der Waals surface area (Å²) >= 11 is 0. The van der Waals surface area contributed by atoms with Crippen molar-refractivity contribution in [2.45, 2.75) is 77.9 Å². The third-order valence-corrected chi connectivity index (χ3v) is 5.41. The molecule has 12 heteroatoms. The van der Waals surface area contributed by atoms with Gasteiger partial charge in [-0.2, -0.15) is 0 Å². The first kappa shape index (κ1) is 32.1. The van der Waals surface area contributed by atoms with Crippen LogP contribution in [0.4, 0.5) is 10.5 Å². The third-order valence-electron chi connectivity index (χ3n) is 5.41. The fourth-order valence-corrected chi connectivity index (χ4v) is 3.41. The molecule has 0 aliphatic carbocycles. The lowest BCUT2D eigenvalue weighted by Gasteiger charge is -2.19. The molecule has 6 N–H and O–H groups in total. The smallest absolute Gasteiger partial charge is 0.312 e. The molecule has 0 fully saturated rings. The predicted molar refractivity (Wildman–Crippen MR) is 141 cm³/mol. The molecule has 0 spiro atoms.